The van der Waals surface area contributed by atoms with E-state index in [-0.39, 0.29) is 12.1 Å². The molecule has 4 nitrogen and oxygen atoms in total. The summed E-state index contributed by atoms with van der Waals surface area (Å²) in [4.78, 5) is 21.2. The molecule has 0 saturated heterocycles. The number of nitrogens with zero attached hydrogens (tertiary/aromatic N) is 2. The molecule has 96 valence electrons. The van der Waals surface area contributed by atoms with E-state index in [1.54, 1.807) is 22.2 Å². The first kappa shape index (κ1) is 13.2. The van der Waals surface area contributed by atoms with Gasteiger partial charge in [-0.3, -0.25) is 0 Å². The number of ether oxygens (including phenoxy) is 1. The lowest BCUT2D eigenvalue weighted by molar-refractivity contribution is 0.0337. The summed E-state index contributed by atoms with van der Waals surface area (Å²) in [5.41, 5.74) is 2.93. The Kier molecular flexibility index (Phi) is 4.08. The molecule has 2 aromatic heterocycles. The normalized spacial score (nSPS) is 12.4. The van der Waals surface area contributed by atoms with Gasteiger partial charge in [0.1, 0.15) is 6.10 Å². The quantitative estimate of drug-likeness (QED) is 0.807. The zero-order valence-electron chi connectivity index (χ0n) is 10.5. The predicted molar refractivity (Wildman–Crippen MR) is 72.2 cm³/mol. The molecule has 18 heavy (non-hydrogen) atoms. The van der Waals surface area contributed by atoms with Crippen molar-refractivity contribution in [3.8, 4) is 0 Å². The summed E-state index contributed by atoms with van der Waals surface area (Å²) >= 11 is 2.98. The maximum atomic E-state index is 11.8. The van der Waals surface area contributed by atoms with Crippen molar-refractivity contribution in [3.63, 3.8) is 0 Å². The van der Waals surface area contributed by atoms with E-state index in [1.807, 2.05) is 13.8 Å². The van der Waals surface area contributed by atoms with Crippen molar-refractivity contribution < 1.29 is 9.53 Å². The van der Waals surface area contributed by atoms with Crippen molar-refractivity contribution in [2.45, 2.75) is 33.3 Å². The Morgan fingerprint density at radius 3 is 2.89 bits per heavy atom. The van der Waals surface area contributed by atoms with Crippen molar-refractivity contribution in [3.05, 3.63) is 32.2 Å². The average molecular weight is 282 g/mol. The molecule has 0 saturated carbocycles. The highest BCUT2D eigenvalue weighted by Crippen LogP contribution is 2.28. The molecule has 0 unspecified atom stereocenters. The number of thiazole rings is 2. The minimum Gasteiger partial charge on any atom is -0.452 e. The molecule has 0 radical (unpaired) electrons. The number of carbonyl (C=O) groups is 1. The van der Waals surface area contributed by atoms with Crippen LogP contribution in [0.4, 0.5) is 0 Å². The van der Waals surface area contributed by atoms with Crippen molar-refractivity contribution in [1.82, 2.24) is 9.97 Å². The summed E-state index contributed by atoms with van der Waals surface area (Å²) in [6.07, 6.45) is 0.620. The molecule has 0 bridgehead atoms. The smallest absolute Gasteiger partial charge is 0.358 e. The molecule has 0 spiro atoms. The fraction of sp³-hybridized carbons (Fsp3) is 0.417. The molecule has 1 atom stereocenters. The standard InChI is InChI=1S/C12H14N2O2S2/c1-4-10-14-7(2)11(18-10)8(3)16-12(15)9-5-17-6-13-9/h5-6,8H,4H2,1-3H3/t8-/m0/s1. The maximum Gasteiger partial charge on any atom is 0.358 e. The first-order valence-corrected chi connectivity index (χ1v) is 7.43. The van der Waals surface area contributed by atoms with Gasteiger partial charge >= 0.3 is 5.97 Å². The second kappa shape index (κ2) is 5.58. The Hall–Kier alpha value is -1.27. The molecular formula is C12H14N2O2S2. The lowest BCUT2D eigenvalue weighted by atomic mass is 10.3. The van der Waals surface area contributed by atoms with Crippen LogP contribution in [0.15, 0.2) is 10.9 Å². The number of carbonyl (C=O) groups excluding carboxylic acids is 1. The molecule has 0 N–H and O–H groups in total. The molecule has 6 heteroatoms. The molecule has 2 rings (SSSR count). The van der Waals surface area contributed by atoms with Gasteiger partial charge in [0, 0.05) is 5.38 Å². The Labute approximate surface area is 114 Å². The third-order valence-electron chi connectivity index (χ3n) is 2.47. The molecule has 0 amide bonds. The topological polar surface area (TPSA) is 52.1 Å². The van der Waals surface area contributed by atoms with Crippen LogP contribution in [0, 0.1) is 6.92 Å². The van der Waals surface area contributed by atoms with Gasteiger partial charge in [-0.1, -0.05) is 6.92 Å². The lowest BCUT2D eigenvalue weighted by Gasteiger charge is -2.10. The van der Waals surface area contributed by atoms with Gasteiger partial charge in [-0.05, 0) is 20.3 Å². The number of hydrogen-bond donors (Lipinski definition) is 0. The fourth-order valence-electron chi connectivity index (χ4n) is 1.58. The van der Waals surface area contributed by atoms with E-state index >= 15 is 0 Å². The van der Waals surface area contributed by atoms with Crippen LogP contribution in [0.5, 0.6) is 0 Å². The predicted octanol–water partition coefficient (Wildman–Crippen LogP) is 3.39. The van der Waals surface area contributed by atoms with Gasteiger partial charge in [0.25, 0.3) is 0 Å². The van der Waals surface area contributed by atoms with E-state index < -0.39 is 0 Å². The van der Waals surface area contributed by atoms with Crippen molar-refractivity contribution in [1.29, 1.82) is 0 Å². The molecule has 0 fully saturated rings. The van der Waals surface area contributed by atoms with E-state index in [9.17, 15) is 4.79 Å². The lowest BCUT2D eigenvalue weighted by Crippen LogP contribution is -2.09. The van der Waals surface area contributed by atoms with E-state index in [1.165, 1.54) is 11.3 Å². The number of esters is 1. The summed E-state index contributed by atoms with van der Waals surface area (Å²) in [5, 5.41) is 2.76. The summed E-state index contributed by atoms with van der Waals surface area (Å²) in [7, 11) is 0. The van der Waals surface area contributed by atoms with Gasteiger partial charge in [0.05, 0.1) is 21.1 Å². The summed E-state index contributed by atoms with van der Waals surface area (Å²) in [6, 6.07) is 0. The highest BCUT2D eigenvalue weighted by atomic mass is 32.1. The third-order valence-corrected chi connectivity index (χ3v) is 4.52. The first-order chi connectivity index (χ1) is 8.61. The van der Waals surface area contributed by atoms with Crippen LogP contribution in [-0.2, 0) is 11.2 Å². The largest absolute Gasteiger partial charge is 0.452 e. The molecule has 0 aliphatic rings. The van der Waals surface area contributed by atoms with Gasteiger partial charge in [0.2, 0.25) is 0 Å². The van der Waals surface area contributed by atoms with Crippen molar-refractivity contribution >= 4 is 28.6 Å². The monoisotopic (exact) mass is 282 g/mol. The van der Waals surface area contributed by atoms with E-state index in [2.05, 4.69) is 16.9 Å². The second-order valence-corrected chi connectivity index (χ2v) is 5.67. The average Bonchev–Trinajstić information content (AvgIpc) is 2.97. The van der Waals surface area contributed by atoms with Gasteiger partial charge in [-0.15, -0.1) is 22.7 Å². The Bertz CT molecular complexity index is 534. The number of rotatable bonds is 4. The highest BCUT2D eigenvalue weighted by molar-refractivity contribution is 7.11. The van der Waals surface area contributed by atoms with E-state index in [0.717, 1.165) is 22.0 Å². The molecule has 0 aliphatic heterocycles. The van der Waals surface area contributed by atoms with Crippen LogP contribution in [0.3, 0.4) is 0 Å². The molecule has 2 aromatic rings. The van der Waals surface area contributed by atoms with Crippen LogP contribution >= 0.6 is 22.7 Å². The molecule has 2 heterocycles. The summed E-state index contributed by atoms with van der Waals surface area (Å²) < 4.78 is 5.40. The molecular weight excluding hydrogens is 268 g/mol. The number of hydrogen-bond acceptors (Lipinski definition) is 6. The Morgan fingerprint density at radius 2 is 2.33 bits per heavy atom. The zero-order valence-corrected chi connectivity index (χ0v) is 12.1. The van der Waals surface area contributed by atoms with E-state index in [0.29, 0.717) is 5.69 Å². The Morgan fingerprint density at radius 1 is 1.56 bits per heavy atom. The van der Waals surface area contributed by atoms with E-state index in [4.69, 9.17) is 4.74 Å². The van der Waals surface area contributed by atoms with Gasteiger partial charge < -0.3 is 4.74 Å². The zero-order chi connectivity index (χ0) is 13.1. The second-order valence-electron chi connectivity index (χ2n) is 3.83. The van der Waals surface area contributed by atoms with Crippen LogP contribution in [-0.4, -0.2) is 15.9 Å². The summed E-state index contributed by atoms with van der Waals surface area (Å²) in [5.74, 6) is -0.380. The van der Waals surface area contributed by atoms with Crippen molar-refractivity contribution in [2.24, 2.45) is 0 Å². The van der Waals surface area contributed by atoms with Crippen LogP contribution in [0.1, 0.15) is 46.0 Å². The fourth-order valence-corrected chi connectivity index (χ4v) is 3.09. The number of aromatic nitrogens is 2. The SMILES string of the molecule is CCc1nc(C)c([C@H](C)OC(=O)c2cscn2)s1. The van der Waals surface area contributed by atoms with Crippen LogP contribution < -0.4 is 0 Å². The number of aryl methyl sites for hydroxylation is 2. The van der Waals surface area contributed by atoms with Gasteiger partial charge in [-0.25, -0.2) is 14.8 Å². The van der Waals surface area contributed by atoms with Gasteiger partial charge in [-0.2, -0.15) is 0 Å². The first-order valence-electron chi connectivity index (χ1n) is 5.67. The van der Waals surface area contributed by atoms with Crippen molar-refractivity contribution in [2.75, 3.05) is 0 Å². The molecule has 0 aliphatic carbocycles. The highest BCUT2D eigenvalue weighted by Gasteiger charge is 2.19. The molecule has 0 aromatic carbocycles. The Balaban J connectivity index is 2.09. The minimum atomic E-state index is -0.380. The van der Waals surface area contributed by atoms with Gasteiger partial charge in [0.15, 0.2) is 5.69 Å². The van der Waals surface area contributed by atoms with Crippen LogP contribution in [0.25, 0.3) is 0 Å². The maximum absolute atomic E-state index is 11.8. The minimum absolute atomic E-state index is 0.281. The summed E-state index contributed by atoms with van der Waals surface area (Å²) in [6.45, 7) is 5.87. The third kappa shape index (κ3) is 2.76. The van der Waals surface area contributed by atoms with Crippen LogP contribution in [0.2, 0.25) is 0 Å².